The Kier molecular flexibility index (Phi) is 9.25. The monoisotopic (exact) mass is 587 g/mol. The molecule has 11 heteroatoms. The summed E-state index contributed by atoms with van der Waals surface area (Å²) in [5.74, 6) is 0.753. The summed E-state index contributed by atoms with van der Waals surface area (Å²) >= 11 is 0. The summed E-state index contributed by atoms with van der Waals surface area (Å²) in [5, 5.41) is 15.6. The number of urea groups is 1. The molecule has 42 heavy (non-hydrogen) atoms. The molecule has 2 heterocycles. The summed E-state index contributed by atoms with van der Waals surface area (Å²) in [5.41, 5.74) is 3.42. The normalized spacial score (nSPS) is 19.5. The highest BCUT2D eigenvalue weighted by atomic mass is 32.2. The van der Waals surface area contributed by atoms with E-state index in [1.165, 1.54) is 10.6 Å². The molecule has 0 bridgehead atoms. The minimum atomic E-state index is -3.19. The van der Waals surface area contributed by atoms with E-state index in [2.05, 4.69) is 26.6 Å². The number of nitrogens with one attached hydrogen (secondary N) is 2. The lowest BCUT2D eigenvalue weighted by Crippen LogP contribution is -2.49. The Morgan fingerprint density at radius 3 is 2.26 bits per heavy atom. The molecule has 1 aliphatic carbocycles. The number of aromatic nitrogens is 1. The number of rotatable bonds is 8. The summed E-state index contributed by atoms with van der Waals surface area (Å²) in [6.07, 6.45) is 6.27. The average molecular weight is 588 g/mol. The molecule has 2 fully saturated rings. The summed E-state index contributed by atoms with van der Waals surface area (Å²) in [4.78, 5) is 22.1. The van der Waals surface area contributed by atoms with Crippen molar-refractivity contribution in [3.8, 4) is 6.07 Å². The molecule has 5 rings (SSSR count). The zero-order valence-corrected chi connectivity index (χ0v) is 24.6. The predicted molar refractivity (Wildman–Crippen MR) is 165 cm³/mol. The zero-order chi connectivity index (χ0) is 29.5. The van der Waals surface area contributed by atoms with E-state index in [-0.39, 0.29) is 18.1 Å². The second kappa shape index (κ2) is 13.2. The number of sulfonamides is 1. The van der Waals surface area contributed by atoms with Gasteiger partial charge in [-0.2, -0.15) is 9.57 Å². The van der Waals surface area contributed by atoms with E-state index < -0.39 is 10.0 Å². The molecule has 2 N–H and O–H groups in total. The van der Waals surface area contributed by atoms with Crippen molar-refractivity contribution in [1.29, 1.82) is 5.26 Å². The van der Waals surface area contributed by atoms with Gasteiger partial charge in [0.05, 0.1) is 11.8 Å². The second-order valence-corrected chi connectivity index (χ2v) is 12.9. The number of carbonyl (C=O) groups is 1. The van der Waals surface area contributed by atoms with Crippen LogP contribution in [0.2, 0.25) is 0 Å². The van der Waals surface area contributed by atoms with Gasteiger partial charge in [-0.05, 0) is 67.6 Å². The SMILES string of the molecule is CS(=O)(=O)N1CCN(c2ccc(N(C(=O)NCc3ccccc3)[C@H]3CC[C@H](Nc4ccc(C#N)cn4)CC3)cc2)CC1. The van der Waals surface area contributed by atoms with E-state index in [1.54, 1.807) is 12.3 Å². The number of hydrogen-bond donors (Lipinski definition) is 2. The number of piperazine rings is 1. The summed E-state index contributed by atoms with van der Waals surface area (Å²) in [6, 6.07) is 23.7. The smallest absolute Gasteiger partial charge is 0.322 e. The van der Waals surface area contributed by atoms with Gasteiger partial charge in [0, 0.05) is 62.4 Å². The van der Waals surface area contributed by atoms with Crippen LogP contribution in [0.15, 0.2) is 72.9 Å². The number of carbonyl (C=O) groups excluding carboxylic acids is 1. The second-order valence-electron chi connectivity index (χ2n) is 10.9. The molecular formula is C31H37N7O3S. The molecule has 220 valence electrons. The number of pyridine rings is 1. The Bertz CT molecular complexity index is 1480. The van der Waals surface area contributed by atoms with E-state index >= 15 is 0 Å². The molecule has 0 radical (unpaired) electrons. The Balaban J connectivity index is 1.26. The van der Waals surface area contributed by atoms with Crippen LogP contribution in [0, 0.1) is 11.3 Å². The Morgan fingerprint density at radius 2 is 1.67 bits per heavy atom. The van der Waals surface area contributed by atoms with Gasteiger partial charge in [0.15, 0.2) is 0 Å². The molecule has 1 aliphatic heterocycles. The minimum Gasteiger partial charge on any atom is -0.369 e. The van der Waals surface area contributed by atoms with Crippen molar-refractivity contribution in [3.05, 3.63) is 84.1 Å². The lowest BCUT2D eigenvalue weighted by Gasteiger charge is -2.38. The topological polar surface area (TPSA) is 122 Å². The average Bonchev–Trinajstić information content (AvgIpc) is 3.02. The van der Waals surface area contributed by atoms with E-state index in [0.29, 0.717) is 38.3 Å². The molecule has 2 aliphatic rings. The molecule has 1 saturated carbocycles. The van der Waals surface area contributed by atoms with Crippen LogP contribution in [0.5, 0.6) is 0 Å². The first kappa shape index (κ1) is 29.4. The lowest BCUT2D eigenvalue weighted by atomic mass is 9.90. The van der Waals surface area contributed by atoms with Crippen LogP contribution < -0.4 is 20.4 Å². The maximum absolute atomic E-state index is 13.7. The predicted octanol–water partition coefficient (Wildman–Crippen LogP) is 4.17. The number of anilines is 3. The van der Waals surface area contributed by atoms with Crippen molar-refractivity contribution < 1.29 is 13.2 Å². The Labute approximate surface area is 248 Å². The fraction of sp³-hybridized carbons (Fsp3) is 0.387. The first-order valence-corrected chi connectivity index (χ1v) is 16.2. The maximum Gasteiger partial charge on any atom is 0.322 e. The van der Waals surface area contributed by atoms with Crippen LogP contribution in [0.1, 0.15) is 36.8 Å². The van der Waals surface area contributed by atoms with Gasteiger partial charge >= 0.3 is 6.03 Å². The highest BCUT2D eigenvalue weighted by molar-refractivity contribution is 7.88. The van der Waals surface area contributed by atoms with Crippen molar-refractivity contribution in [2.24, 2.45) is 0 Å². The number of nitrogens with zero attached hydrogens (tertiary/aromatic N) is 5. The molecule has 0 spiro atoms. The van der Waals surface area contributed by atoms with Gasteiger partial charge in [0.2, 0.25) is 10.0 Å². The summed E-state index contributed by atoms with van der Waals surface area (Å²) in [6.45, 7) is 2.62. The van der Waals surface area contributed by atoms with Crippen LogP contribution in [0.25, 0.3) is 0 Å². The molecule has 3 aromatic rings. The van der Waals surface area contributed by atoms with E-state index in [1.807, 2.05) is 65.6 Å². The third kappa shape index (κ3) is 7.38. The standard InChI is InChI=1S/C31H37N7O3S/c1-42(40,41)37-19-17-36(18-20-37)27-12-14-29(15-13-27)38(31(39)34-22-24-5-3-2-4-6-24)28-10-8-26(9-11-28)35-30-16-7-25(21-32)23-33-30/h2-7,12-16,23,26,28H,8-11,17-20,22H2,1H3,(H,33,35)(H,34,39)/t26-,28-. The fourth-order valence-electron chi connectivity index (χ4n) is 5.69. The van der Waals surface area contributed by atoms with Crippen molar-refractivity contribution >= 4 is 33.2 Å². The first-order valence-electron chi connectivity index (χ1n) is 14.3. The number of amides is 2. The Hall–Kier alpha value is -4.14. The lowest BCUT2D eigenvalue weighted by molar-refractivity contribution is 0.240. The molecule has 0 atom stereocenters. The third-order valence-electron chi connectivity index (χ3n) is 8.01. The summed E-state index contributed by atoms with van der Waals surface area (Å²) in [7, 11) is -3.19. The van der Waals surface area contributed by atoms with Gasteiger partial charge in [0.25, 0.3) is 0 Å². The van der Waals surface area contributed by atoms with Crippen molar-refractivity contribution in [2.75, 3.05) is 47.6 Å². The fourth-order valence-corrected chi connectivity index (χ4v) is 6.51. The van der Waals surface area contributed by atoms with Gasteiger partial charge in [-0.25, -0.2) is 18.2 Å². The largest absolute Gasteiger partial charge is 0.369 e. The zero-order valence-electron chi connectivity index (χ0n) is 23.8. The quantitative estimate of drug-likeness (QED) is 0.406. The van der Waals surface area contributed by atoms with Gasteiger partial charge in [-0.3, -0.25) is 4.90 Å². The maximum atomic E-state index is 13.7. The van der Waals surface area contributed by atoms with Gasteiger partial charge < -0.3 is 15.5 Å². The first-order chi connectivity index (χ1) is 20.3. The minimum absolute atomic E-state index is 0.0388. The highest BCUT2D eigenvalue weighted by Gasteiger charge is 2.31. The molecule has 1 saturated heterocycles. The highest BCUT2D eigenvalue weighted by Crippen LogP contribution is 2.31. The molecular weight excluding hydrogens is 550 g/mol. The van der Waals surface area contributed by atoms with E-state index in [9.17, 15) is 13.2 Å². The molecule has 1 aromatic heterocycles. The summed E-state index contributed by atoms with van der Waals surface area (Å²) < 4.78 is 25.3. The van der Waals surface area contributed by atoms with E-state index in [0.717, 1.165) is 48.4 Å². The van der Waals surface area contributed by atoms with Gasteiger partial charge in [0.1, 0.15) is 11.9 Å². The number of nitriles is 1. The van der Waals surface area contributed by atoms with E-state index in [4.69, 9.17) is 5.26 Å². The molecule has 0 unspecified atom stereocenters. The van der Waals surface area contributed by atoms with Gasteiger partial charge in [-0.15, -0.1) is 0 Å². The van der Waals surface area contributed by atoms with Crippen molar-refractivity contribution in [3.63, 3.8) is 0 Å². The molecule has 2 aromatic carbocycles. The number of benzene rings is 2. The van der Waals surface area contributed by atoms with Crippen LogP contribution in [0.4, 0.5) is 22.0 Å². The molecule has 2 amide bonds. The molecule has 10 nitrogen and oxygen atoms in total. The van der Waals surface area contributed by atoms with Crippen LogP contribution >= 0.6 is 0 Å². The van der Waals surface area contributed by atoms with Crippen LogP contribution in [-0.4, -0.2) is 68.3 Å². The van der Waals surface area contributed by atoms with Crippen LogP contribution in [-0.2, 0) is 16.6 Å². The van der Waals surface area contributed by atoms with Crippen molar-refractivity contribution in [2.45, 2.75) is 44.3 Å². The Morgan fingerprint density at radius 1 is 0.976 bits per heavy atom. The number of hydrogen-bond acceptors (Lipinski definition) is 7. The van der Waals surface area contributed by atoms with Crippen molar-refractivity contribution in [1.82, 2.24) is 14.6 Å². The third-order valence-corrected chi connectivity index (χ3v) is 9.32. The van der Waals surface area contributed by atoms with Crippen LogP contribution in [0.3, 0.4) is 0 Å². The van der Waals surface area contributed by atoms with Gasteiger partial charge in [-0.1, -0.05) is 30.3 Å².